The second kappa shape index (κ2) is 5.96. The average molecular weight is 401 g/mol. The minimum Gasteiger partial charge on any atom is -0.508 e. The molecule has 0 bridgehead atoms. The Bertz CT molecular complexity index is 924. The summed E-state index contributed by atoms with van der Waals surface area (Å²) in [5.74, 6) is -0.00693. The molecule has 1 atom stereocenters. The van der Waals surface area contributed by atoms with Crippen molar-refractivity contribution < 1.29 is 9.90 Å². The number of halogens is 1. The van der Waals surface area contributed by atoms with E-state index in [1.807, 2.05) is 35.7 Å². The number of carbonyl (C=O) groups is 1. The van der Waals surface area contributed by atoms with Gasteiger partial charge in [0.2, 0.25) is 0 Å². The zero-order chi connectivity index (χ0) is 16.7. The largest absolute Gasteiger partial charge is 0.508 e. The number of benzene rings is 2. The van der Waals surface area contributed by atoms with E-state index in [-0.39, 0.29) is 11.7 Å². The van der Waals surface area contributed by atoms with Crippen LogP contribution < -0.4 is 10.6 Å². The topological polar surface area (TPSA) is 61.4 Å². The number of phenolic OH excluding ortho intramolecular Hbond substituents is 1. The summed E-state index contributed by atoms with van der Waals surface area (Å²) in [5.41, 5.74) is 3.20. The van der Waals surface area contributed by atoms with E-state index in [1.165, 1.54) is 11.3 Å². The molecule has 6 heteroatoms. The molecule has 3 N–H and O–H groups in total. The van der Waals surface area contributed by atoms with Gasteiger partial charge in [-0.2, -0.15) is 0 Å². The minimum absolute atomic E-state index is 0.138. The van der Waals surface area contributed by atoms with Crippen LogP contribution in [0, 0.1) is 0 Å². The van der Waals surface area contributed by atoms with Crippen molar-refractivity contribution in [2.45, 2.75) is 6.17 Å². The number of hydrogen-bond donors (Lipinski definition) is 3. The van der Waals surface area contributed by atoms with Gasteiger partial charge in [0.15, 0.2) is 0 Å². The van der Waals surface area contributed by atoms with E-state index in [2.05, 4.69) is 26.6 Å². The van der Waals surface area contributed by atoms with Gasteiger partial charge in [-0.1, -0.05) is 46.3 Å². The van der Waals surface area contributed by atoms with Gasteiger partial charge < -0.3 is 15.7 Å². The average Bonchev–Trinajstić information content (AvgIpc) is 3.02. The highest BCUT2D eigenvalue weighted by Crippen LogP contribution is 2.40. The van der Waals surface area contributed by atoms with Crippen LogP contribution in [0.5, 0.6) is 5.75 Å². The lowest BCUT2D eigenvalue weighted by molar-refractivity contribution is 0.0937. The van der Waals surface area contributed by atoms with Crippen LogP contribution in [-0.2, 0) is 0 Å². The first-order valence-corrected chi connectivity index (χ1v) is 9.03. The highest BCUT2D eigenvalue weighted by Gasteiger charge is 2.30. The number of rotatable bonds is 2. The minimum atomic E-state index is -0.468. The smallest absolute Gasteiger partial charge is 0.256 e. The molecule has 0 radical (unpaired) electrons. The van der Waals surface area contributed by atoms with E-state index in [9.17, 15) is 9.90 Å². The summed E-state index contributed by atoms with van der Waals surface area (Å²) < 4.78 is 0.841. The van der Waals surface area contributed by atoms with Crippen molar-refractivity contribution in [1.82, 2.24) is 5.32 Å². The molecule has 3 aromatic rings. The molecule has 4 nitrogen and oxygen atoms in total. The maximum Gasteiger partial charge on any atom is 0.256 e. The van der Waals surface area contributed by atoms with Crippen molar-refractivity contribution in [3.8, 4) is 16.9 Å². The van der Waals surface area contributed by atoms with E-state index < -0.39 is 6.17 Å². The number of hydrogen-bond acceptors (Lipinski definition) is 4. The first kappa shape index (κ1) is 15.2. The summed E-state index contributed by atoms with van der Waals surface area (Å²) >= 11 is 4.89. The Balaban J connectivity index is 1.74. The van der Waals surface area contributed by atoms with Gasteiger partial charge in [0.25, 0.3) is 5.91 Å². The van der Waals surface area contributed by atoms with Crippen LogP contribution in [0.25, 0.3) is 11.1 Å². The standard InChI is InChI=1S/C18H13BrN2O2S/c19-11-6-7-14(22)12(8-11)16-20-17(23)15-13(9-24-18(15)21-16)10-4-2-1-3-5-10/h1-9,16,21-22H,(H,20,23)/t16-/m1/s1. The zero-order valence-corrected chi connectivity index (χ0v) is 14.8. The Hall–Kier alpha value is -2.31. The molecule has 0 aliphatic carbocycles. The van der Waals surface area contributed by atoms with Crippen LogP contribution in [-0.4, -0.2) is 11.0 Å². The third-order valence-corrected chi connectivity index (χ3v) is 5.36. The van der Waals surface area contributed by atoms with Crippen molar-refractivity contribution in [2.75, 3.05) is 5.32 Å². The molecule has 1 amide bonds. The molecule has 0 unspecified atom stereocenters. The quantitative estimate of drug-likeness (QED) is 0.582. The second-order valence-corrected chi connectivity index (χ2v) is 7.27. The number of thiophene rings is 1. The van der Waals surface area contributed by atoms with Crippen LogP contribution in [0.15, 0.2) is 58.4 Å². The van der Waals surface area contributed by atoms with E-state index in [4.69, 9.17) is 0 Å². The Morgan fingerprint density at radius 3 is 2.67 bits per heavy atom. The van der Waals surface area contributed by atoms with Crippen molar-refractivity contribution in [1.29, 1.82) is 0 Å². The van der Waals surface area contributed by atoms with Gasteiger partial charge in [0.05, 0.1) is 5.56 Å². The predicted molar refractivity (Wildman–Crippen MR) is 99.4 cm³/mol. The Morgan fingerprint density at radius 1 is 1.08 bits per heavy atom. The molecule has 1 aliphatic heterocycles. The normalized spacial score (nSPS) is 16.2. The molecule has 0 saturated heterocycles. The molecular weight excluding hydrogens is 388 g/mol. The lowest BCUT2D eigenvalue weighted by Gasteiger charge is -2.27. The second-order valence-electron chi connectivity index (χ2n) is 5.47. The lowest BCUT2D eigenvalue weighted by atomic mass is 10.0. The highest BCUT2D eigenvalue weighted by molar-refractivity contribution is 9.10. The molecule has 1 aliphatic rings. The fraction of sp³-hybridized carbons (Fsp3) is 0.0556. The van der Waals surface area contributed by atoms with Crippen LogP contribution in [0.4, 0.5) is 5.00 Å². The van der Waals surface area contributed by atoms with Crippen molar-refractivity contribution in [3.63, 3.8) is 0 Å². The summed E-state index contributed by atoms with van der Waals surface area (Å²) in [4.78, 5) is 12.7. The molecule has 0 fully saturated rings. The molecule has 4 rings (SSSR count). The van der Waals surface area contributed by atoms with Crippen LogP contribution in [0.1, 0.15) is 22.1 Å². The van der Waals surface area contributed by atoms with Crippen molar-refractivity contribution >= 4 is 38.2 Å². The van der Waals surface area contributed by atoms with Gasteiger partial charge in [0.1, 0.15) is 16.9 Å². The SMILES string of the molecule is O=C1N[C@@H](c2cc(Br)ccc2O)Nc2scc(-c3ccccc3)c21. The summed E-state index contributed by atoms with van der Waals surface area (Å²) in [6, 6.07) is 15.0. The first-order chi connectivity index (χ1) is 11.6. The van der Waals surface area contributed by atoms with Crippen LogP contribution >= 0.6 is 27.3 Å². The summed E-state index contributed by atoms with van der Waals surface area (Å²) in [6.07, 6.45) is -0.468. The van der Waals surface area contributed by atoms with Gasteiger partial charge in [-0.25, -0.2) is 0 Å². The molecule has 120 valence electrons. The van der Waals surface area contributed by atoms with Crippen molar-refractivity contribution in [3.05, 3.63) is 69.5 Å². The molecular formula is C18H13BrN2O2S. The van der Waals surface area contributed by atoms with Gasteiger partial charge in [-0.15, -0.1) is 11.3 Å². The molecule has 2 heterocycles. The lowest BCUT2D eigenvalue weighted by Crippen LogP contribution is -2.38. The maximum atomic E-state index is 12.7. The third kappa shape index (κ3) is 2.57. The Labute approximate surface area is 151 Å². The fourth-order valence-electron chi connectivity index (χ4n) is 2.80. The number of anilines is 1. The Kier molecular flexibility index (Phi) is 3.78. The van der Waals surface area contributed by atoms with E-state index in [1.54, 1.807) is 18.2 Å². The third-order valence-electron chi connectivity index (χ3n) is 3.95. The van der Waals surface area contributed by atoms with Gasteiger partial charge in [-0.3, -0.25) is 4.79 Å². The molecule has 0 saturated carbocycles. The first-order valence-electron chi connectivity index (χ1n) is 7.36. The number of phenols is 1. The summed E-state index contributed by atoms with van der Waals surface area (Å²) in [7, 11) is 0. The zero-order valence-electron chi connectivity index (χ0n) is 12.4. The summed E-state index contributed by atoms with van der Waals surface area (Å²) in [5, 5.41) is 19.1. The summed E-state index contributed by atoms with van der Waals surface area (Å²) in [6.45, 7) is 0. The number of fused-ring (bicyclic) bond motifs is 1. The Morgan fingerprint density at radius 2 is 1.88 bits per heavy atom. The molecule has 0 spiro atoms. The number of amides is 1. The van der Waals surface area contributed by atoms with E-state index in [0.29, 0.717) is 11.1 Å². The number of carbonyl (C=O) groups excluding carboxylic acids is 1. The van der Waals surface area contributed by atoms with E-state index in [0.717, 1.165) is 20.6 Å². The van der Waals surface area contributed by atoms with E-state index >= 15 is 0 Å². The fourth-order valence-corrected chi connectivity index (χ4v) is 4.18. The molecule has 24 heavy (non-hydrogen) atoms. The van der Waals surface area contributed by atoms with Crippen molar-refractivity contribution in [2.24, 2.45) is 0 Å². The molecule has 2 aromatic carbocycles. The van der Waals surface area contributed by atoms with Crippen LogP contribution in [0.3, 0.4) is 0 Å². The predicted octanol–water partition coefficient (Wildman–Crippen LogP) is 4.74. The van der Waals surface area contributed by atoms with Crippen LogP contribution in [0.2, 0.25) is 0 Å². The van der Waals surface area contributed by atoms with Gasteiger partial charge >= 0.3 is 0 Å². The number of aromatic hydroxyl groups is 1. The van der Waals surface area contributed by atoms with Gasteiger partial charge in [0, 0.05) is 21.0 Å². The monoisotopic (exact) mass is 400 g/mol. The highest BCUT2D eigenvalue weighted by atomic mass is 79.9. The maximum absolute atomic E-state index is 12.7. The number of nitrogens with one attached hydrogen (secondary N) is 2. The molecule has 1 aromatic heterocycles. The van der Waals surface area contributed by atoms with Gasteiger partial charge in [-0.05, 0) is 23.8 Å².